The molecule has 1 amide bonds. The highest BCUT2D eigenvalue weighted by atomic mass is 79.9. The second-order valence-corrected chi connectivity index (χ2v) is 5.88. The number of halogens is 1. The molecular formula is C12H13BrN4O2S. The molecule has 1 heterocycles. The molecule has 0 fully saturated rings. The van der Waals surface area contributed by atoms with Crippen LogP contribution in [0.2, 0.25) is 0 Å². The van der Waals surface area contributed by atoms with Crippen molar-refractivity contribution in [1.82, 2.24) is 10.2 Å². The predicted molar refractivity (Wildman–Crippen MR) is 80.4 cm³/mol. The quantitative estimate of drug-likeness (QED) is 0.799. The Hall–Kier alpha value is -1.38. The van der Waals surface area contributed by atoms with Gasteiger partial charge in [0.1, 0.15) is 0 Å². The number of nitrogens with two attached hydrogens (primary N) is 1. The lowest BCUT2D eigenvalue weighted by molar-refractivity contribution is -0.113. The number of amides is 1. The Kier molecular flexibility index (Phi) is 5.16. The standard InChI is InChI=1S/C12H13BrN4O2S/c1-7(14)11-16-17-12(19-11)20-6-10(18)15-9-4-2-8(13)3-5-9/h2-5,7H,6,14H2,1H3,(H,15,18). The molecule has 0 saturated carbocycles. The first-order valence-corrected chi connectivity index (χ1v) is 7.59. The Labute approximate surface area is 128 Å². The molecular weight excluding hydrogens is 344 g/mol. The largest absolute Gasteiger partial charge is 0.414 e. The zero-order valence-electron chi connectivity index (χ0n) is 10.7. The minimum Gasteiger partial charge on any atom is -0.414 e. The van der Waals surface area contributed by atoms with Crippen LogP contribution >= 0.6 is 27.7 Å². The highest BCUT2D eigenvalue weighted by molar-refractivity contribution is 9.10. The van der Waals surface area contributed by atoms with Crippen LogP contribution in [0, 0.1) is 0 Å². The molecule has 20 heavy (non-hydrogen) atoms. The molecule has 2 aromatic rings. The van der Waals surface area contributed by atoms with E-state index in [9.17, 15) is 4.79 Å². The molecule has 2 rings (SSSR count). The lowest BCUT2D eigenvalue weighted by Gasteiger charge is -2.03. The van der Waals surface area contributed by atoms with Crippen molar-refractivity contribution in [3.8, 4) is 0 Å². The lowest BCUT2D eigenvalue weighted by Crippen LogP contribution is -2.13. The summed E-state index contributed by atoms with van der Waals surface area (Å²) in [6.45, 7) is 1.75. The van der Waals surface area contributed by atoms with Crippen molar-refractivity contribution >= 4 is 39.3 Å². The average Bonchev–Trinajstić information content (AvgIpc) is 2.88. The van der Waals surface area contributed by atoms with Gasteiger partial charge in [-0.25, -0.2) is 0 Å². The van der Waals surface area contributed by atoms with E-state index in [0.29, 0.717) is 11.1 Å². The molecule has 0 aliphatic heterocycles. The zero-order valence-corrected chi connectivity index (χ0v) is 13.1. The molecule has 1 aromatic heterocycles. The smallest absolute Gasteiger partial charge is 0.277 e. The topological polar surface area (TPSA) is 94.0 Å². The van der Waals surface area contributed by atoms with Crippen LogP contribution < -0.4 is 11.1 Å². The van der Waals surface area contributed by atoms with Crippen molar-refractivity contribution < 1.29 is 9.21 Å². The van der Waals surface area contributed by atoms with Gasteiger partial charge in [-0.2, -0.15) is 0 Å². The number of hydrogen-bond donors (Lipinski definition) is 2. The third kappa shape index (κ3) is 4.32. The number of aromatic nitrogens is 2. The van der Waals surface area contributed by atoms with Crippen LogP contribution in [0.15, 0.2) is 38.4 Å². The van der Waals surface area contributed by atoms with Gasteiger partial charge < -0.3 is 15.5 Å². The van der Waals surface area contributed by atoms with Crippen molar-refractivity contribution in [2.45, 2.75) is 18.2 Å². The van der Waals surface area contributed by atoms with E-state index < -0.39 is 0 Å². The SMILES string of the molecule is CC(N)c1nnc(SCC(=O)Nc2ccc(Br)cc2)o1. The third-order valence-electron chi connectivity index (χ3n) is 2.27. The van der Waals surface area contributed by atoms with E-state index >= 15 is 0 Å². The van der Waals surface area contributed by atoms with E-state index in [1.165, 1.54) is 11.8 Å². The van der Waals surface area contributed by atoms with E-state index in [1.54, 1.807) is 6.92 Å². The van der Waals surface area contributed by atoms with E-state index in [-0.39, 0.29) is 17.7 Å². The minimum atomic E-state index is -0.312. The molecule has 6 nitrogen and oxygen atoms in total. The van der Waals surface area contributed by atoms with Gasteiger partial charge in [0.15, 0.2) is 0 Å². The summed E-state index contributed by atoms with van der Waals surface area (Å²) in [5.74, 6) is 0.412. The van der Waals surface area contributed by atoms with Crippen LogP contribution in [0.3, 0.4) is 0 Å². The molecule has 3 N–H and O–H groups in total. The Morgan fingerprint density at radius 3 is 2.75 bits per heavy atom. The predicted octanol–water partition coefficient (Wildman–Crippen LogP) is 2.58. The Morgan fingerprint density at radius 2 is 2.15 bits per heavy atom. The number of nitrogens with one attached hydrogen (secondary N) is 1. The van der Waals surface area contributed by atoms with Crippen LogP contribution in [-0.2, 0) is 4.79 Å². The molecule has 1 unspecified atom stereocenters. The number of nitrogens with zero attached hydrogens (tertiary/aromatic N) is 2. The Bertz CT molecular complexity index is 585. The Balaban J connectivity index is 1.84. The fourth-order valence-electron chi connectivity index (χ4n) is 1.32. The summed E-state index contributed by atoms with van der Waals surface area (Å²) >= 11 is 4.50. The number of thioether (sulfide) groups is 1. The van der Waals surface area contributed by atoms with Crippen molar-refractivity contribution in [3.63, 3.8) is 0 Å². The first kappa shape index (κ1) is 15.0. The monoisotopic (exact) mass is 356 g/mol. The van der Waals surface area contributed by atoms with Gasteiger partial charge in [-0.15, -0.1) is 10.2 Å². The van der Waals surface area contributed by atoms with Gasteiger partial charge in [0.25, 0.3) is 5.22 Å². The first-order chi connectivity index (χ1) is 9.54. The number of anilines is 1. The molecule has 0 bridgehead atoms. The van der Waals surface area contributed by atoms with Crippen LogP contribution in [0.5, 0.6) is 0 Å². The Morgan fingerprint density at radius 1 is 1.45 bits per heavy atom. The summed E-state index contributed by atoms with van der Waals surface area (Å²) in [5, 5.41) is 10.7. The van der Waals surface area contributed by atoms with Crippen molar-refractivity contribution in [2.24, 2.45) is 5.73 Å². The van der Waals surface area contributed by atoms with Gasteiger partial charge in [-0.3, -0.25) is 4.79 Å². The maximum atomic E-state index is 11.8. The van der Waals surface area contributed by atoms with E-state index in [4.69, 9.17) is 10.2 Å². The zero-order chi connectivity index (χ0) is 14.5. The third-order valence-corrected chi connectivity index (χ3v) is 3.61. The second kappa shape index (κ2) is 6.87. The summed E-state index contributed by atoms with van der Waals surface area (Å²) in [5.41, 5.74) is 6.35. The number of hydrogen-bond acceptors (Lipinski definition) is 6. The van der Waals surface area contributed by atoms with Crippen LogP contribution in [0.1, 0.15) is 18.9 Å². The van der Waals surface area contributed by atoms with E-state index in [2.05, 4.69) is 31.4 Å². The number of carbonyl (C=O) groups excluding carboxylic acids is 1. The lowest BCUT2D eigenvalue weighted by atomic mass is 10.3. The van der Waals surface area contributed by atoms with Gasteiger partial charge in [0.05, 0.1) is 11.8 Å². The molecule has 106 valence electrons. The molecule has 0 saturated heterocycles. The summed E-state index contributed by atoms with van der Waals surface area (Å²) < 4.78 is 6.25. The molecule has 0 radical (unpaired) electrons. The van der Waals surface area contributed by atoms with Crippen molar-refractivity contribution in [3.05, 3.63) is 34.6 Å². The van der Waals surface area contributed by atoms with Gasteiger partial charge in [0.2, 0.25) is 11.8 Å². The van der Waals surface area contributed by atoms with Crippen LogP contribution in [0.4, 0.5) is 5.69 Å². The van der Waals surface area contributed by atoms with Crippen LogP contribution in [-0.4, -0.2) is 21.9 Å². The summed E-state index contributed by atoms with van der Waals surface area (Å²) in [6.07, 6.45) is 0. The highest BCUT2D eigenvalue weighted by Gasteiger charge is 2.12. The maximum Gasteiger partial charge on any atom is 0.277 e. The van der Waals surface area contributed by atoms with Gasteiger partial charge >= 0.3 is 0 Å². The average molecular weight is 357 g/mol. The molecule has 0 spiro atoms. The summed E-state index contributed by atoms with van der Waals surface area (Å²) in [6, 6.07) is 7.03. The number of benzene rings is 1. The van der Waals surface area contributed by atoms with Gasteiger partial charge in [-0.05, 0) is 31.2 Å². The van der Waals surface area contributed by atoms with E-state index in [1.807, 2.05) is 24.3 Å². The normalized spacial score (nSPS) is 12.2. The number of rotatable bonds is 5. The molecule has 1 atom stereocenters. The highest BCUT2D eigenvalue weighted by Crippen LogP contribution is 2.19. The van der Waals surface area contributed by atoms with Crippen LogP contribution in [0.25, 0.3) is 0 Å². The second-order valence-electron chi connectivity index (χ2n) is 4.04. The summed E-state index contributed by atoms with van der Waals surface area (Å²) in [4.78, 5) is 11.8. The van der Waals surface area contributed by atoms with Gasteiger partial charge in [-0.1, -0.05) is 27.7 Å². The van der Waals surface area contributed by atoms with Crippen molar-refractivity contribution in [1.29, 1.82) is 0 Å². The fourth-order valence-corrected chi connectivity index (χ4v) is 2.15. The number of carbonyl (C=O) groups is 1. The molecule has 1 aromatic carbocycles. The first-order valence-electron chi connectivity index (χ1n) is 5.82. The maximum absolute atomic E-state index is 11.8. The molecule has 0 aliphatic carbocycles. The molecule has 8 heteroatoms. The van der Waals surface area contributed by atoms with Crippen molar-refractivity contribution in [2.75, 3.05) is 11.1 Å². The van der Waals surface area contributed by atoms with Gasteiger partial charge in [0, 0.05) is 10.2 Å². The van der Waals surface area contributed by atoms with E-state index in [0.717, 1.165) is 10.2 Å². The summed E-state index contributed by atoms with van der Waals surface area (Å²) in [7, 11) is 0. The fraction of sp³-hybridized carbons (Fsp3) is 0.250. The minimum absolute atomic E-state index is 0.141. The molecule has 0 aliphatic rings.